The molecule has 3 rings (SSSR count). The van der Waals surface area contributed by atoms with Gasteiger partial charge in [0.1, 0.15) is 11.5 Å². The number of amides is 1. The van der Waals surface area contributed by atoms with Crippen LogP contribution in [0, 0.1) is 6.92 Å². The second-order valence-electron chi connectivity index (χ2n) is 6.19. The van der Waals surface area contributed by atoms with E-state index in [0.29, 0.717) is 53.4 Å². The number of nitrogens with one attached hydrogen (secondary N) is 1. The van der Waals surface area contributed by atoms with Gasteiger partial charge in [0.15, 0.2) is 16.6 Å². The van der Waals surface area contributed by atoms with Gasteiger partial charge >= 0.3 is 0 Å². The van der Waals surface area contributed by atoms with E-state index in [4.69, 9.17) is 50.0 Å². The molecule has 0 aliphatic rings. The van der Waals surface area contributed by atoms with E-state index < -0.39 is 0 Å². The van der Waals surface area contributed by atoms with Gasteiger partial charge in [-0.25, -0.2) is 10.4 Å². The molecule has 3 N–H and O–H groups in total. The Hall–Kier alpha value is -2.52. The number of aromatic nitrogens is 1. The summed E-state index contributed by atoms with van der Waals surface area (Å²) in [4.78, 5) is 16.6. The first-order valence-electron chi connectivity index (χ1n) is 8.79. The topological polar surface area (TPSA) is 98.8 Å². The van der Waals surface area contributed by atoms with Gasteiger partial charge in [-0.1, -0.05) is 46.1 Å². The van der Waals surface area contributed by atoms with Crippen molar-refractivity contribution in [3.63, 3.8) is 0 Å². The number of rotatable bonds is 7. The number of hydrogen-bond donors (Lipinski definition) is 2. The van der Waals surface area contributed by atoms with Gasteiger partial charge in [-0.15, -0.1) is 0 Å². The molecule has 0 spiro atoms. The van der Waals surface area contributed by atoms with E-state index in [1.54, 1.807) is 37.3 Å². The zero-order valence-electron chi connectivity index (χ0n) is 16.4. The lowest BCUT2D eigenvalue weighted by molar-refractivity contribution is 0.0958. The van der Waals surface area contributed by atoms with Crippen LogP contribution in [0.25, 0.3) is 0 Å². The first-order chi connectivity index (χ1) is 14.8. The minimum atomic E-state index is -0.384. The Kier molecular flexibility index (Phi) is 7.61. The van der Waals surface area contributed by atoms with E-state index in [9.17, 15) is 4.79 Å². The van der Waals surface area contributed by atoms with Crippen molar-refractivity contribution >= 4 is 63.4 Å². The SMILES string of the molecule is COc1cc(/C=N\NC(=O)c2sc(N)nc2C)ccc1OCc1c(Cl)ccc(Cl)c1Cl. The number of thiazole rings is 1. The molecule has 31 heavy (non-hydrogen) atoms. The molecule has 0 aliphatic carbocycles. The summed E-state index contributed by atoms with van der Waals surface area (Å²) in [5.41, 5.74) is 9.87. The van der Waals surface area contributed by atoms with Gasteiger partial charge in [-0.2, -0.15) is 5.10 Å². The predicted molar refractivity (Wildman–Crippen MR) is 125 cm³/mol. The summed E-state index contributed by atoms with van der Waals surface area (Å²) < 4.78 is 11.2. The van der Waals surface area contributed by atoms with Gasteiger partial charge in [0.05, 0.1) is 29.1 Å². The molecular formula is C20H17Cl3N4O3S. The number of hydrazone groups is 1. The fourth-order valence-corrected chi connectivity index (χ4v) is 3.96. The molecule has 11 heteroatoms. The molecule has 7 nitrogen and oxygen atoms in total. The lowest BCUT2D eigenvalue weighted by Gasteiger charge is -2.13. The Bertz CT molecular complexity index is 1150. The second kappa shape index (κ2) is 10.2. The quantitative estimate of drug-likeness (QED) is 0.259. The Morgan fingerprint density at radius 2 is 1.97 bits per heavy atom. The highest BCUT2D eigenvalue weighted by atomic mass is 35.5. The molecule has 0 aliphatic heterocycles. The number of nitrogens with two attached hydrogens (primary N) is 1. The molecule has 2 aromatic carbocycles. The van der Waals surface area contributed by atoms with Crippen molar-refractivity contribution in [1.29, 1.82) is 0 Å². The fourth-order valence-electron chi connectivity index (χ4n) is 2.58. The number of methoxy groups -OCH3 is 1. The molecule has 3 aromatic rings. The summed E-state index contributed by atoms with van der Waals surface area (Å²) in [6.07, 6.45) is 1.48. The van der Waals surface area contributed by atoms with E-state index >= 15 is 0 Å². The van der Waals surface area contributed by atoms with E-state index in [1.165, 1.54) is 13.3 Å². The zero-order valence-corrected chi connectivity index (χ0v) is 19.5. The summed E-state index contributed by atoms with van der Waals surface area (Å²) in [7, 11) is 1.52. The van der Waals surface area contributed by atoms with Crippen LogP contribution < -0.4 is 20.6 Å². The highest BCUT2D eigenvalue weighted by Gasteiger charge is 2.14. The van der Waals surface area contributed by atoms with Crippen molar-refractivity contribution in [3.05, 3.63) is 67.1 Å². The van der Waals surface area contributed by atoms with Gasteiger partial charge in [0.25, 0.3) is 5.91 Å². The molecule has 0 atom stereocenters. The number of ether oxygens (including phenoxy) is 2. The van der Waals surface area contributed by atoms with Crippen LogP contribution in [0.4, 0.5) is 5.13 Å². The second-order valence-corrected chi connectivity index (χ2v) is 8.41. The predicted octanol–water partition coefficient (Wildman–Crippen LogP) is 5.35. The van der Waals surface area contributed by atoms with Crippen LogP contribution in [0.15, 0.2) is 35.4 Å². The fraction of sp³-hybridized carbons (Fsp3) is 0.150. The van der Waals surface area contributed by atoms with Crippen LogP contribution in [-0.2, 0) is 6.61 Å². The first-order valence-corrected chi connectivity index (χ1v) is 10.7. The van der Waals surface area contributed by atoms with Crippen LogP contribution in [0.3, 0.4) is 0 Å². The standard InChI is InChI=1S/C20H17Cl3N4O3S/c1-10-18(31-20(24)26-10)19(28)27-25-8-11-3-6-15(16(7-11)29-2)30-9-12-13(21)4-5-14(22)17(12)23/h3-8H,9H2,1-2H3,(H2,24,26)(H,27,28)/b25-8-. The highest BCUT2D eigenvalue weighted by Crippen LogP contribution is 2.34. The van der Waals surface area contributed by atoms with Gasteiger partial charge < -0.3 is 15.2 Å². The Morgan fingerprint density at radius 3 is 2.65 bits per heavy atom. The molecular weight excluding hydrogens is 483 g/mol. The third-order valence-electron chi connectivity index (χ3n) is 4.10. The summed E-state index contributed by atoms with van der Waals surface area (Å²) in [6, 6.07) is 8.45. The van der Waals surface area contributed by atoms with Crippen LogP contribution in [0.1, 0.15) is 26.5 Å². The summed E-state index contributed by atoms with van der Waals surface area (Å²) in [5, 5.41) is 5.47. The van der Waals surface area contributed by atoms with Crippen molar-refractivity contribution in [3.8, 4) is 11.5 Å². The van der Waals surface area contributed by atoms with Crippen LogP contribution in [0.5, 0.6) is 11.5 Å². The van der Waals surface area contributed by atoms with E-state index in [-0.39, 0.29) is 12.5 Å². The monoisotopic (exact) mass is 498 g/mol. The van der Waals surface area contributed by atoms with Crippen molar-refractivity contribution in [1.82, 2.24) is 10.4 Å². The van der Waals surface area contributed by atoms with Gasteiger partial charge in [0, 0.05) is 10.6 Å². The average molecular weight is 500 g/mol. The number of carbonyl (C=O) groups excluding carboxylic acids is 1. The molecule has 0 saturated carbocycles. The minimum absolute atomic E-state index is 0.107. The Balaban J connectivity index is 1.68. The van der Waals surface area contributed by atoms with Gasteiger partial charge in [0.2, 0.25) is 0 Å². The minimum Gasteiger partial charge on any atom is -0.493 e. The smallest absolute Gasteiger partial charge is 0.283 e. The summed E-state index contributed by atoms with van der Waals surface area (Å²) in [5.74, 6) is 0.562. The average Bonchev–Trinajstić information content (AvgIpc) is 3.09. The van der Waals surface area contributed by atoms with Crippen LogP contribution in [-0.4, -0.2) is 24.2 Å². The third-order valence-corrected chi connectivity index (χ3v) is 6.28. The van der Waals surface area contributed by atoms with E-state index in [2.05, 4.69) is 15.5 Å². The number of anilines is 1. The lowest BCUT2D eigenvalue weighted by atomic mass is 10.2. The molecule has 0 saturated heterocycles. The molecule has 0 fully saturated rings. The summed E-state index contributed by atoms with van der Waals surface area (Å²) in [6.45, 7) is 1.81. The molecule has 1 aromatic heterocycles. The maximum absolute atomic E-state index is 12.2. The molecule has 1 heterocycles. The largest absolute Gasteiger partial charge is 0.493 e. The number of hydrogen-bond acceptors (Lipinski definition) is 7. The number of benzene rings is 2. The van der Waals surface area contributed by atoms with Gasteiger partial charge in [-0.05, 0) is 42.8 Å². The lowest BCUT2D eigenvalue weighted by Crippen LogP contribution is -2.17. The van der Waals surface area contributed by atoms with Crippen LogP contribution in [0.2, 0.25) is 15.1 Å². The maximum Gasteiger partial charge on any atom is 0.283 e. The molecule has 0 radical (unpaired) electrons. The Labute approximate surface area is 197 Å². The van der Waals surface area contributed by atoms with Crippen molar-refractivity contribution < 1.29 is 14.3 Å². The number of nitrogen functional groups attached to an aromatic ring is 1. The molecule has 0 unspecified atom stereocenters. The molecule has 162 valence electrons. The highest BCUT2D eigenvalue weighted by molar-refractivity contribution is 7.17. The maximum atomic E-state index is 12.2. The molecule has 1 amide bonds. The number of carbonyl (C=O) groups is 1. The van der Waals surface area contributed by atoms with E-state index in [0.717, 1.165) is 11.3 Å². The van der Waals surface area contributed by atoms with Crippen molar-refractivity contribution in [2.24, 2.45) is 5.10 Å². The van der Waals surface area contributed by atoms with Crippen molar-refractivity contribution in [2.75, 3.05) is 12.8 Å². The summed E-state index contributed by atoms with van der Waals surface area (Å²) >= 11 is 19.5. The number of halogens is 3. The Morgan fingerprint density at radius 1 is 1.23 bits per heavy atom. The number of aryl methyl sites for hydroxylation is 1. The zero-order chi connectivity index (χ0) is 22.5. The first kappa shape index (κ1) is 23.1. The van der Waals surface area contributed by atoms with Crippen LogP contribution >= 0.6 is 46.1 Å². The van der Waals surface area contributed by atoms with Gasteiger partial charge in [-0.3, -0.25) is 4.79 Å². The normalized spacial score (nSPS) is 11.0. The number of nitrogens with zero attached hydrogens (tertiary/aromatic N) is 2. The molecule has 0 bridgehead atoms. The third kappa shape index (κ3) is 5.59. The van der Waals surface area contributed by atoms with Crippen molar-refractivity contribution in [2.45, 2.75) is 13.5 Å². The van der Waals surface area contributed by atoms with E-state index in [1.807, 2.05) is 0 Å².